The lowest BCUT2D eigenvalue weighted by Crippen LogP contribution is -2.09. The fourth-order valence-corrected chi connectivity index (χ4v) is 2.74. The molecule has 3 rings (SSSR count). The number of non-ortho nitro benzene ring substituents is 1. The summed E-state index contributed by atoms with van der Waals surface area (Å²) in [6.07, 6.45) is 4.34. The van der Waals surface area contributed by atoms with Crippen LogP contribution in [0, 0.1) is 10.1 Å². The van der Waals surface area contributed by atoms with E-state index in [0.29, 0.717) is 22.2 Å². The molecule has 0 saturated carbocycles. The van der Waals surface area contributed by atoms with Gasteiger partial charge < -0.3 is 5.32 Å². The molecule has 0 saturated heterocycles. The predicted molar refractivity (Wildman–Crippen MR) is 109 cm³/mol. The van der Waals surface area contributed by atoms with Gasteiger partial charge in [0.1, 0.15) is 5.02 Å². The van der Waals surface area contributed by atoms with Gasteiger partial charge >= 0.3 is 0 Å². The Labute approximate surface area is 170 Å². The number of halogens is 2. The minimum Gasteiger partial charge on any atom is -0.304 e. The molecule has 1 amide bonds. The summed E-state index contributed by atoms with van der Waals surface area (Å²) >= 11 is 12.0. The number of nitrogens with one attached hydrogen (secondary N) is 1. The molecule has 1 N–H and O–H groups in total. The van der Waals surface area contributed by atoms with Gasteiger partial charge in [-0.2, -0.15) is 5.10 Å². The molecular weight excluding hydrogens is 403 g/mol. The highest BCUT2D eigenvalue weighted by Gasteiger charge is 2.10. The lowest BCUT2D eigenvalue weighted by atomic mass is 10.2. The van der Waals surface area contributed by atoms with Crippen LogP contribution in [0.1, 0.15) is 11.1 Å². The van der Waals surface area contributed by atoms with Gasteiger partial charge in [0.15, 0.2) is 5.82 Å². The molecule has 3 aromatic rings. The number of anilines is 1. The van der Waals surface area contributed by atoms with E-state index in [1.165, 1.54) is 24.3 Å². The molecule has 9 heteroatoms. The van der Waals surface area contributed by atoms with Gasteiger partial charge in [-0.1, -0.05) is 47.5 Å². The highest BCUT2D eigenvalue weighted by atomic mass is 35.5. The maximum absolute atomic E-state index is 12.1. The Morgan fingerprint density at radius 3 is 2.68 bits per heavy atom. The van der Waals surface area contributed by atoms with E-state index >= 15 is 0 Å². The molecule has 1 heterocycles. The second-order valence-electron chi connectivity index (χ2n) is 5.82. The van der Waals surface area contributed by atoms with Crippen molar-refractivity contribution in [1.29, 1.82) is 0 Å². The van der Waals surface area contributed by atoms with Crippen LogP contribution in [0.3, 0.4) is 0 Å². The molecule has 0 aliphatic heterocycles. The number of nitro benzene ring substituents is 1. The van der Waals surface area contributed by atoms with Gasteiger partial charge in [0, 0.05) is 29.4 Å². The topological polar surface area (TPSA) is 90.1 Å². The molecule has 142 valence electrons. The van der Waals surface area contributed by atoms with Crippen molar-refractivity contribution in [3.63, 3.8) is 0 Å². The fourth-order valence-electron chi connectivity index (χ4n) is 2.41. The third-order valence-corrected chi connectivity index (χ3v) is 4.25. The molecule has 0 aliphatic carbocycles. The van der Waals surface area contributed by atoms with Gasteiger partial charge in [0.05, 0.1) is 11.5 Å². The molecule has 7 nitrogen and oxygen atoms in total. The van der Waals surface area contributed by atoms with E-state index in [0.717, 1.165) is 5.56 Å². The number of nitro groups is 1. The highest BCUT2D eigenvalue weighted by molar-refractivity contribution is 6.33. The molecule has 1 aromatic heterocycles. The summed E-state index contributed by atoms with van der Waals surface area (Å²) in [4.78, 5) is 22.4. The summed E-state index contributed by atoms with van der Waals surface area (Å²) in [5, 5.41) is 18.6. The number of hydrogen-bond acceptors (Lipinski definition) is 4. The van der Waals surface area contributed by atoms with Gasteiger partial charge in [-0.3, -0.25) is 19.6 Å². The molecule has 0 aliphatic rings. The number of nitrogens with zero attached hydrogens (tertiary/aromatic N) is 3. The van der Waals surface area contributed by atoms with Crippen LogP contribution in [0.15, 0.2) is 60.8 Å². The molecule has 0 fully saturated rings. The summed E-state index contributed by atoms with van der Waals surface area (Å²) in [5.41, 5.74) is 1.46. The van der Waals surface area contributed by atoms with E-state index in [4.69, 9.17) is 23.2 Å². The number of benzene rings is 2. The summed E-state index contributed by atoms with van der Waals surface area (Å²) in [6.45, 7) is 0.469. The highest BCUT2D eigenvalue weighted by Crippen LogP contribution is 2.21. The standard InChI is InChI=1S/C19H14Cl2N4O3/c20-15-7-4-14(5-8-15)11-24-12-17(21)19(23-24)22-18(26)9-6-13-2-1-3-16(10-13)25(27)28/h1-10,12H,11H2,(H,22,23,26)/b9-6+. The van der Waals surface area contributed by atoms with E-state index in [1.807, 2.05) is 12.1 Å². The first-order valence-corrected chi connectivity index (χ1v) is 8.87. The number of hydrogen-bond donors (Lipinski definition) is 1. The minimum absolute atomic E-state index is 0.0495. The van der Waals surface area contributed by atoms with Crippen molar-refractivity contribution in [2.24, 2.45) is 0 Å². The molecule has 0 bridgehead atoms. The number of aromatic nitrogens is 2. The number of carbonyl (C=O) groups excluding carboxylic acids is 1. The third-order valence-electron chi connectivity index (χ3n) is 3.72. The Bertz CT molecular complexity index is 1050. The molecule has 0 unspecified atom stereocenters. The summed E-state index contributed by atoms with van der Waals surface area (Å²) < 4.78 is 1.60. The number of carbonyl (C=O) groups is 1. The van der Waals surface area contributed by atoms with E-state index in [9.17, 15) is 14.9 Å². The van der Waals surface area contributed by atoms with Crippen LogP contribution in [0.5, 0.6) is 0 Å². The van der Waals surface area contributed by atoms with E-state index in [2.05, 4.69) is 10.4 Å². The Morgan fingerprint density at radius 1 is 1.21 bits per heavy atom. The number of amides is 1. The van der Waals surface area contributed by atoms with Gasteiger partial charge in [-0.05, 0) is 29.3 Å². The second-order valence-corrected chi connectivity index (χ2v) is 6.67. The van der Waals surface area contributed by atoms with Crippen LogP contribution in [0.25, 0.3) is 6.08 Å². The Hall–Kier alpha value is -3.16. The minimum atomic E-state index is -0.496. The van der Waals surface area contributed by atoms with Crippen molar-refractivity contribution in [2.45, 2.75) is 6.54 Å². The quantitative estimate of drug-likeness (QED) is 0.355. The SMILES string of the molecule is O=C(/C=C/c1cccc([N+](=O)[O-])c1)Nc1nn(Cc2ccc(Cl)cc2)cc1Cl. The van der Waals surface area contributed by atoms with Gasteiger partial charge in [0.2, 0.25) is 5.91 Å². The molecular formula is C19H14Cl2N4O3. The maximum atomic E-state index is 12.1. The zero-order valence-corrected chi connectivity index (χ0v) is 15.9. The summed E-state index contributed by atoms with van der Waals surface area (Å²) in [5.74, 6) is -0.227. The van der Waals surface area contributed by atoms with E-state index < -0.39 is 10.8 Å². The monoisotopic (exact) mass is 416 g/mol. The molecule has 0 radical (unpaired) electrons. The van der Waals surface area contributed by atoms with Crippen LogP contribution in [0.2, 0.25) is 10.0 Å². The lowest BCUT2D eigenvalue weighted by Gasteiger charge is -2.02. The van der Waals surface area contributed by atoms with Crippen LogP contribution in [0.4, 0.5) is 11.5 Å². The first-order chi connectivity index (χ1) is 13.4. The van der Waals surface area contributed by atoms with Crippen LogP contribution >= 0.6 is 23.2 Å². The second kappa shape index (κ2) is 8.69. The average Bonchev–Trinajstić information content (AvgIpc) is 3.01. The zero-order chi connectivity index (χ0) is 20.1. The fraction of sp³-hybridized carbons (Fsp3) is 0.0526. The smallest absolute Gasteiger partial charge is 0.270 e. The van der Waals surface area contributed by atoms with Crippen LogP contribution < -0.4 is 5.32 Å². The molecule has 0 spiro atoms. The van der Waals surface area contributed by atoms with Crippen LogP contribution in [-0.4, -0.2) is 20.6 Å². The number of rotatable bonds is 6. The normalized spacial score (nSPS) is 10.9. The predicted octanol–water partition coefficient (Wildman–Crippen LogP) is 4.80. The summed E-state index contributed by atoms with van der Waals surface area (Å²) in [7, 11) is 0. The van der Waals surface area contributed by atoms with Crippen molar-refractivity contribution in [3.05, 3.63) is 92.1 Å². The van der Waals surface area contributed by atoms with E-state index in [-0.39, 0.29) is 11.5 Å². The average molecular weight is 417 g/mol. The third kappa shape index (κ3) is 5.18. The van der Waals surface area contributed by atoms with E-state index in [1.54, 1.807) is 35.1 Å². The van der Waals surface area contributed by atoms with Gasteiger partial charge in [0.25, 0.3) is 5.69 Å². The van der Waals surface area contributed by atoms with Crippen molar-refractivity contribution in [2.75, 3.05) is 5.32 Å². The maximum Gasteiger partial charge on any atom is 0.270 e. The van der Waals surface area contributed by atoms with Gasteiger partial charge in [-0.25, -0.2) is 0 Å². The van der Waals surface area contributed by atoms with Crippen molar-refractivity contribution >= 4 is 46.7 Å². The van der Waals surface area contributed by atoms with Crippen molar-refractivity contribution in [3.8, 4) is 0 Å². The molecule has 28 heavy (non-hydrogen) atoms. The Morgan fingerprint density at radius 2 is 1.96 bits per heavy atom. The zero-order valence-electron chi connectivity index (χ0n) is 14.4. The van der Waals surface area contributed by atoms with Crippen molar-refractivity contribution < 1.29 is 9.72 Å². The van der Waals surface area contributed by atoms with Crippen molar-refractivity contribution in [1.82, 2.24) is 9.78 Å². The first kappa shape index (κ1) is 19.6. The first-order valence-electron chi connectivity index (χ1n) is 8.11. The van der Waals surface area contributed by atoms with Gasteiger partial charge in [-0.15, -0.1) is 0 Å². The summed E-state index contributed by atoms with van der Waals surface area (Å²) in [6, 6.07) is 13.3. The Kier molecular flexibility index (Phi) is 6.08. The molecule has 2 aromatic carbocycles. The van der Waals surface area contributed by atoms with Crippen LogP contribution in [-0.2, 0) is 11.3 Å². The molecule has 0 atom stereocenters. The Balaban J connectivity index is 1.65. The largest absolute Gasteiger partial charge is 0.304 e. The lowest BCUT2D eigenvalue weighted by molar-refractivity contribution is -0.384.